The van der Waals surface area contributed by atoms with E-state index in [1.807, 2.05) is 47.4 Å². The second kappa shape index (κ2) is 6.59. The Morgan fingerprint density at radius 1 is 1.07 bits per heavy atom. The number of hydrogen-bond acceptors (Lipinski definition) is 4. The van der Waals surface area contributed by atoms with E-state index in [9.17, 15) is 4.79 Å². The number of rotatable bonds is 3. The Bertz CT molecular complexity index is 968. The van der Waals surface area contributed by atoms with Crippen LogP contribution in [0.3, 0.4) is 0 Å². The van der Waals surface area contributed by atoms with Gasteiger partial charge in [0.1, 0.15) is 11.6 Å². The minimum absolute atomic E-state index is 0.00925. The van der Waals surface area contributed by atoms with Crippen LogP contribution in [-0.4, -0.2) is 29.5 Å². The van der Waals surface area contributed by atoms with Gasteiger partial charge in [-0.25, -0.2) is 0 Å². The topological polar surface area (TPSA) is 67.6 Å². The number of hydrogen-bond donors (Lipinski definition) is 2. The van der Waals surface area contributed by atoms with Gasteiger partial charge < -0.3 is 20.7 Å². The van der Waals surface area contributed by atoms with Crippen LogP contribution in [0.25, 0.3) is 16.8 Å². The highest BCUT2D eigenvalue weighted by molar-refractivity contribution is 6.09. The second-order valence-electron chi connectivity index (χ2n) is 8.50. The molecule has 5 nitrogen and oxygen atoms in total. The van der Waals surface area contributed by atoms with E-state index >= 15 is 0 Å². The van der Waals surface area contributed by atoms with Gasteiger partial charge in [0.05, 0.1) is 12.8 Å². The highest BCUT2D eigenvalue weighted by atomic mass is 16.5. The summed E-state index contributed by atoms with van der Waals surface area (Å²) in [6, 6.07) is 13.9. The summed E-state index contributed by atoms with van der Waals surface area (Å²) in [6.45, 7) is 6.18. The largest absolute Gasteiger partial charge is 0.497 e. The molecular formula is C23H27N3O2. The Hall–Kier alpha value is -2.95. The van der Waals surface area contributed by atoms with Crippen molar-refractivity contribution in [3.63, 3.8) is 0 Å². The zero-order chi connectivity index (χ0) is 20.1. The van der Waals surface area contributed by atoms with E-state index in [0.29, 0.717) is 11.4 Å². The Labute approximate surface area is 166 Å². The normalized spacial score (nSPS) is 18.1. The molecule has 0 radical (unpaired) electrons. The van der Waals surface area contributed by atoms with Crippen molar-refractivity contribution in [3.8, 4) is 16.9 Å². The zero-order valence-electron chi connectivity index (χ0n) is 16.9. The van der Waals surface area contributed by atoms with Crippen LogP contribution in [0.4, 0.5) is 0 Å². The average Bonchev–Trinajstić information content (AvgIpc) is 3.48. The van der Waals surface area contributed by atoms with Crippen LogP contribution in [0.5, 0.6) is 5.75 Å². The molecular weight excluding hydrogens is 350 g/mol. The lowest BCUT2D eigenvalue weighted by Crippen LogP contribution is -2.42. The molecule has 2 aromatic carbocycles. The Balaban J connectivity index is 2.01. The van der Waals surface area contributed by atoms with E-state index in [0.717, 1.165) is 41.0 Å². The summed E-state index contributed by atoms with van der Waals surface area (Å²) in [7, 11) is 1.64. The van der Waals surface area contributed by atoms with Gasteiger partial charge >= 0.3 is 0 Å². The number of methoxy groups -OCH3 is 1. The highest BCUT2D eigenvalue weighted by Crippen LogP contribution is 2.44. The Kier molecular flexibility index (Phi) is 4.33. The molecule has 2 aliphatic rings. The smallest absolute Gasteiger partial charge is 0.259 e. The number of carbonyl (C=O) groups is 1. The molecule has 0 spiro atoms. The van der Waals surface area contributed by atoms with Crippen molar-refractivity contribution in [2.45, 2.75) is 45.2 Å². The average molecular weight is 377 g/mol. The number of benzene rings is 2. The molecule has 1 fully saturated rings. The predicted molar refractivity (Wildman–Crippen MR) is 112 cm³/mol. The first-order chi connectivity index (χ1) is 13.3. The molecule has 2 aromatic rings. The van der Waals surface area contributed by atoms with E-state index in [-0.39, 0.29) is 17.5 Å². The molecule has 0 atom stereocenters. The molecule has 5 heteroatoms. The second-order valence-corrected chi connectivity index (χ2v) is 8.50. The number of nitrogens with one attached hydrogen (secondary N) is 1. The summed E-state index contributed by atoms with van der Waals surface area (Å²) >= 11 is 0. The van der Waals surface area contributed by atoms with Crippen LogP contribution in [0.1, 0.15) is 49.5 Å². The number of carbonyl (C=O) groups excluding carboxylic acids is 1. The van der Waals surface area contributed by atoms with E-state index in [1.165, 1.54) is 0 Å². The summed E-state index contributed by atoms with van der Waals surface area (Å²) in [5, 5.41) is 3.38. The maximum Gasteiger partial charge on any atom is 0.259 e. The lowest BCUT2D eigenvalue weighted by Gasteiger charge is -2.30. The summed E-state index contributed by atoms with van der Waals surface area (Å²) in [4.78, 5) is 15.5. The van der Waals surface area contributed by atoms with Crippen LogP contribution in [-0.2, 0) is 0 Å². The molecule has 1 amide bonds. The van der Waals surface area contributed by atoms with Gasteiger partial charge in [0, 0.05) is 22.7 Å². The fourth-order valence-corrected chi connectivity index (χ4v) is 3.76. The van der Waals surface area contributed by atoms with Gasteiger partial charge in [-0.1, -0.05) is 24.3 Å². The van der Waals surface area contributed by atoms with Crippen molar-refractivity contribution in [1.29, 1.82) is 0 Å². The minimum Gasteiger partial charge on any atom is -0.497 e. The first-order valence-electron chi connectivity index (χ1n) is 9.69. The maximum atomic E-state index is 13.6. The van der Waals surface area contributed by atoms with Gasteiger partial charge in [0.25, 0.3) is 5.91 Å². The van der Waals surface area contributed by atoms with Crippen LogP contribution < -0.4 is 15.8 Å². The quantitative estimate of drug-likeness (QED) is 0.850. The Morgan fingerprint density at radius 2 is 1.75 bits per heavy atom. The molecule has 1 aliphatic carbocycles. The summed E-state index contributed by atoms with van der Waals surface area (Å²) in [6.07, 6.45) is 1.98. The molecule has 1 saturated carbocycles. The highest BCUT2D eigenvalue weighted by Gasteiger charge is 2.40. The van der Waals surface area contributed by atoms with Gasteiger partial charge in [-0.05, 0) is 62.9 Å². The van der Waals surface area contributed by atoms with E-state index in [1.54, 1.807) is 7.11 Å². The minimum atomic E-state index is -0.216. The number of amides is 1. The molecule has 0 unspecified atom stereocenters. The van der Waals surface area contributed by atoms with Crippen molar-refractivity contribution in [2.24, 2.45) is 5.73 Å². The first kappa shape index (κ1) is 18.4. The fourth-order valence-electron chi connectivity index (χ4n) is 3.76. The standard InChI is InChI=1S/C23H27N3O2/c1-23(2,3)25-21(24)20-17-8-6-5-7-16(17)19-13-15(28-4)11-12-18(19)22(27)26(20)14-9-10-14/h5-8,11-14,25H,9-10,24H2,1-4H3/b21-20+. The maximum absolute atomic E-state index is 13.6. The fraction of sp³-hybridized carbons (Fsp3) is 0.348. The van der Waals surface area contributed by atoms with Gasteiger partial charge in [-0.2, -0.15) is 0 Å². The van der Waals surface area contributed by atoms with E-state index < -0.39 is 0 Å². The molecule has 0 saturated heterocycles. The van der Waals surface area contributed by atoms with E-state index in [4.69, 9.17) is 10.5 Å². The van der Waals surface area contributed by atoms with Crippen molar-refractivity contribution in [3.05, 3.63) is 59.4 Å². The van der Waals surface area contributed by atoms with Crippen molar-refractivity contribution < 1.29 is 9.53 Å². The van der Waals surface area contributed by atoms with Crippen molar-refractivity contribution >= 4 is 11.6 Å². The number of nitrogens with zero attached hydrogens (tertiary/aromatic N) is 1. The van der Waals surface area contributed by atoms with Crippen LogP contribution in [0, 0.1) is 0 Å². The predicted octanol–water partition coefficient (Wildman–Crippen LogP) is 3.95. The number of ether oxygens (including phenoxy) is 1. The monoisotopic (exact) mass is 377 g/mol. The third-order valence-electron chi connectivity index (χ3n) is 5.07. The molecule has 0 aromatic heterocycles. The molecule has 1 aliphatic heterocycles. The number of nitrogens with two attached hydrogens (primary N) is 1. The van der Waals surface area contributed by atoms with Crippen molar-refractivity contribution in [1.82, 2.24) is 10.2 Å². The van der Waals surface area contributed by atoms with E-state index in [2.05, 4.69) is 26.1 Å². The lowest BCUT2D eigenvalue weighted by atomic mass is 9.95. The summed E-state index contributed by atoms with van der Waals surface area (Å²) < 4.78 is 5.42. The molecule has 1 heterocycles. The number of fused-ring (bicyclic) bond motifs is 3. The lowest BCUT2D eigenvalue weighted by molar-refractivity contribution is 0.0827. The SMILES string of the molecule is COc1ccc2c(c1)-c1ccccc1/C(=C(/N)NC(C)(C)C)N(C1CC1)C2=O. The Morgan fingerprint density at radius 3 is 2.36 bits per heavy atom. The molecule has 28 heavy (non-hydrogen) atoms. The molecule has 4 rings (SSSR count). The summed E-state index contributed by atoms with van der Waals surface area (Å²) in [5.41, 5.74) is 10.6. The van der Waals surface area contributed by atoms with Gasteiger partial charge in [0.15, 0.2) is 0 Å². The van der Waals surface area contributed by atoms with Crippen LogP contribution in [0.15, 0.2) is 48.3 Å². The van der Waals surface area contributed by atoms with Crippen molar-refractivity contribution in [2.75, 3.05) is 7.11 Å². The molecule has 0 bridgehead atoms. The third kappa shape index (κ3) is 3.21. The third-order valence-corrected chi connectivity index (χ3v) is 5.07. The van der Waals surface area contributed by atoms with Crippen LogP contribution in [0.2, 0.25) is 0 Å². The van der Waals surface area contributed by atoms with Gasteiger partial charge in [-0.15, -0.1) is 0 Å². The molecule has 146 valence electrons. The first-order valence-corrected chi connectivity index (χ1v) is 9.69. The summed E-state index contributed by atoms with van der Waals surface area (Å²) in [5.74, 6) is 1.25. The molecule has 3 N–H and O–H groups in total. The zero-order valence-corrected chi connectivity index (χ0v) is 16.9. The van der Waals surface area contributed by atoms with Gasteiger partial charge in [0.2, 0.25) is 0 Å². The van der Waals surface area contributed by atoms with Gasteiger partial charge in [-0.3, -0.25) is 4.79 Å². The van der Waals surface area contributed by atoms with Crippen LogP contribution >= 0.6 is 0 Å².